The zero-order chi connectivity index (χ0) is 15.7. The Morgan fingerprint density at radius 3 is 2.86 bits per heavy atom. The molecule has 1 aromatic heterocycles. The van der Waals surface area contributed by atoms with Crippen LogP contribution in [0.4, 0.5) is 0 Å². The van der Waals surface area contributed by atoms with Gasteiger partial charge in [-0.05, 0) is 25.2 Å². The third-order valence-corrected chi connectivity index (χ3v) is 5.37. The molecule has 1 fully saturated rings. The Bertz CT molecular complexity index is 621. The van der Waals surface area contributed by atoms with Crippen LogP contribution in [0.15, 0.2) is 11.2 Å². The van der Waals surface area contributed by atoms with Gasteiger partial charge in [0.2, 0.25) is 0 Å². The smallest absolute Gasteiger partial charge is 0.342 e. The highest BCUT2D eigenvalue weighted by Gasteiger charge is 2.38. The van der Waals surface area contributed by atoms with E-state index in [9.17, 15) is 13.2 Å². The van der Waals surface area contributed by atoms with Crippen molar-refractivity contribution in [2.24, 2.45) is 5.41 Å². The normalized spacial score (nSPS) is 21.4. The van der Waals surface area contributed by atoms with E-state index in [2.05, 4.69) is 14.9 Å². The molecule has 0 amide bonds. The SMILES string of the molecule is CCOC(=O)c1cn[nH]c1S(=O)(=O)NC1CCCC1(C)C. The first kappa shape index (κ1) is 16.0. The fraction of sp³-hybridized carbons (Fsp3) is 0.692. The number of nitrogens with zero attached hydrogens (tertiary/aromatic N) is 1. The third kappa shape index (κ3) is 3.26. The van der Waals surface area contributed by atoms with Crippen molar-refractivity contribution in [3.05, 3.63) is 11.8 Å². The molecule has 7 nitrogen and oxygen atoms in total. The highest BCUT2D eigenvalue weighted by molar-refractivity contribution is 7.89. The van der Waals surface area contributed by atoms with Crippen LogP contribution in [-0.4, -0.2) is 37.2 Å². The molecule has 0 aliphatic heterocycles. The molecule has 0 radical (unpaired) electrons. The number of hydrogen-bond acceptors (Lipinski definition) is 5. The number of esters is 1. The van der Waals surface area contributed by atoms with Crippen molar-refractivity contribution in [1.29, 1.82) is 0 Å². The van der Waals surface area contributed by atoms with Gasteiger partial charge < -0.3 is 4.74 Å². The molecule has 1 aliphatic carbocycles. The van der Waals surface area contributed by atoms with Crippen LogP contribution in [0.1, 0.15) is 50.4 Å². The summed E-state index contributed by atoms with van der Waals surface area (Å²) in [7, 11) is -3.83. The monoisotopic (exact) mass is 315 g/mol. The first-order valence-electron chi connectivity index (χ1n) is 7.01. The van der Waals surface area contributed by atoms with Crippen LogP contribution in [0.3, 0.4) is 0 Å². The van der Waals surface area contributed by atoms with Crippen molar-refractivity contribution < 1.29 is 17.9 Å². The van der Waals surface area contributed by atoms with Crippen molar-refractivity contribution in [2.75, 3.05) is 6.61 Å². The quantitative estimate of drug-likeness (QED) is 0.801. The van der Waals surface area contributed by atoms with E-state index in [1.54, 1.807) is 6.92 Å². The van der Waals surface area contributed by atoms with Crippen molar-refractivity contribution in [3.63, 3.8) is 0 Å². The molecule has 1 unspecified atom stereocenters. The Balaban J connectivity index is 2.25. The Labute approximate surface area is 124 Å². The van der Waals surface area contributed by atoms with E-state index in [1.165, 1.54) is 6.20 Å². The number of rotatable bonds is 5. The van der Waals surface area contributed by atoms with Crippen LogP contribution in [0.5, 0.6) is 0 Å². The van der Waals surface area contributed by atoms with E-state index in [0.717, 1.165) is 19.3 Å². The number of hydrogen-bond donors (Lipinski definition) is 2. The highest BCUT2D eigenvalue weighted by Crippen LogP contribution is 2.37. The molecule has 1 saturated carbocycles. The van der Waals surface area contributed by atoms with Crippen molar-refractivity contribution in [2.45, 2.75) is 51.1 Å². The first-order valence-corrected chi connectivity index (χ1v) is 8.49. The molecule has 8 heteroatoms. The van der Waals surface area contributed by atoms with E-state index in [-0.39, 0.29) is 28.7 Å². The van der Waals surface area contributed by atoms with Crippen LogP contribution in [0, 0.1) is 5.41 Å². The lowest BCUT2D eigenvalue weighted by Gasteiger charge is -2.27. The molecule has 0 spiro atoms. The van der Waals surface area contributed by atoms with Gasteiger partial charge in [-0.2, -0.15) is 5.10 Å². The summed E-state index contributed by atoms with van der Waals surface area (Å²) < 4.78 is 32.5. The second kappa shape index (κ2) is 5.76. The van der Waals surface area contributed by atoms with Crippen LogP contribution in [0.25, 0.3) is 0 Å². The number of aromatic amines is 1. The summed E-state index contributed by atoms with van der Waals surface area (Å²) in [6.07, 6.45) is 3.91. The topological polar surface area (TPSA) is 101 Å². The molecule has 0 saturated heterocycles. The van der Waals surface area contributed by atoms with E-state index >= 15 is 0 Å². The molecule has 0 bridgehead atoms. The Morgan fingerprint density at radius 1 is 1.57 bits per heavy atom. The molecule has 2 rings (SSSR count). The van der Waals surface area contributed by atoms with Crippen LogP contribution < -0.4 is 4.72 Å². The molecule has 0 aromatic carbocycles. The number of ether oxygens (including phenoxy) is 1. The van der Waals surface area contributed by atoms with E-state index in [1.807, 2.05) is 13.8 Å². The van der Waals surface area contributed by atoms with Gasteiger partial charge in [0, 0.05) is 6.04 Å². The summed E-state index contributed by atoms with van der Waals surface area (Å²) in [6.45, 7) is 5.90. The van der Waals surface area contributed by atoms with Gasteiger partial charge in [0.1, 0.15) is 5.56 Å². The second-order valence-electron chi connectivity index (χ2n) is 5.89. The van der Waals surface area contributed by atoms with E-state index in [4.69, 9.17) is 4.74 Å². The molecule has 21 heavy (non-hydrogen) atoms. The maximum Gasteiger partial charge on any atom is 0.342 e. The summed E-state index contributed by atoms with van der Waals surface area (Å²) in [4.78, 5) is 11.8. The summed E-state index contributed by atoms with van der Waals surface area (Å²) in [5.74, 6) is -0.697. The van der Waals surface area contributed by atoms with Gasteiger partial charge >= 0.3 is 5.97 Å². The lowest BCUT2D eigenvalue weighted by molar-refractivity contribution is 0.0522. The van der Waals surface area contributed by atoms with Crippen molar-refractivity contribution in [1.82, 2.24) is 14.9 Å². The summed E-state index contributed by atoms with van der Waals surface area (Å²) >= 11 is 0. The standard InChI is InChI=1S/C13H21N3O4S/c1-4-20-12(17)9-8-14-15-11(9)21(18,19)16-10-6-5-7-13(10,2)3/h8,10,16H,4-7H2,1-3H3,(H,14,15). The molecular formula is C13H21N3O4S. The van der Waals surface area contributed by atoms with Gasteiger partial charge in [-0.3, -0.25) is 5.10 Å². The minimum absolute atomic E-state index is 0.0693. The molecular weight excluding hydrogens is 294 g/mol. The number of carbonyl (C=O) groups is 1. The molecule has 2 N–H and O–H groups in total. The van der Waals surface area contributed by atoms with Gasteiger partial charge in [-0.1, -0.05) is 20.3 Å². The largest absolute Gasteiger partial charge is 0.462 e. The third-order valence-electron chi connectivity index (χ3n) is 3.92. The van der Waals surface area contributed by atoms with E-state index in [0.29, 0.717) is 0 Å². The number of nitrogens with one attached hydrogen (secondary N) is 2. The number of aromatic nitrogens is 2. The van der Waals surface area contributed by atoms with Crippen molar-refractivity contribution >= 4 is 16.0 Å². The Hall–Kier alpha value is -1.41. The van der Waals surface area contributed by atoms with Crippen LogP contribution in [0.2, 0.25) is 0 Å². The Morgan fingerprint density at radius 2 is 2.29 bits per heavy atom. The highest BCUT2D eigenvalue weighted by atomic mass is 32.2. The van der Waals surface area contributed by atoms with Crippen molar-refractivity contribution in [3.8, 4) is 0 Å². The van der Waals surface area contributed by atoms with Crippen LogP contribution in [-0.2, 0) is 14.8 Å². The zero-order valence-electron chi connectivity index (χ0n) is 12.5. The second-order valence-corrected chi connectivity index (χ2v) is 7.54. The lowest BCUT2D eigenvalue weighted by Crippen LogP contribution is -2.41. The minimum Gasteiger partial charge on any atom is -0.462 e. The first-order chi connectivity index (χ1) is 9.78. The minimum atomic E-state index is -3.83. The summed E-state index contributed by atoms with van der Waals surface area (Å²) in [5, 5.41) is 5.81. The molecule has 1 aromatic rings. The fourth-order valence-electron chi connectivity index (χ4n) is 2.62. The average Bonchev–Trinajstić information content (AvgIpc) is 2.97. The van der Waals surface area contributed by atoms with Gasteiger partial charge in [0.25, 0.3) is 10.0 Å². The predicted molar refractivity (Wildman–Crippen MR) is 76.3 cm³/mol. The van der Waals surface area contributed by atoms with Gasteiger partial charge in [-0.15, -0.1) is 0 Å². The fourth-order valence-corrected chi connectivity index (χ4v) is 4.15. The van der Waals surface area contributed by atoms with Gasteiger partial charge in [-0.25, -0.2) is 17.9 Å². The molecule has 1 heterocycles. The van der Waals surface area contributed by atoms with E-state index < -0.39 is 16.0 Å². The Kier molecular flexibility index (Phi) is 4.38. The van der Waals surface area contributed by atoms with Gasteiger partial charge in [0.05, 0.1) is 12.8 Å². The average molecular weight is 315 g/mol. The number of sulfonamides is 1. The van der Waals surface area contributed by atoms with Gasteiger partial charge in [0.15, 0.2) is 5.03 Å². The summed E-state index contributed by atoms with van der Waals surface area (Å²) in [5.41, 5.74) is -0.169. The van der Waals surface area contributed by atoms with Crippen LogP contribution >= 0.6 is 0 Å². The number of carbonyl (C=O) groups excluding carboxylic acids is 1. The number of H-pyrrole nitrogens is 1. The molecule has 1 aliphatic rings. The summed E-state index contributed by atoms with van der Waals surface area (Å²) in [6, 6.07) is -0.152. The molecule has 1 atom stereocenters. The maximum absolute atomic E-state index is 12.5. The predicted octanol–water partition coefficient (Wildman–Crippen LogP) is 1.44. The maximum atomic E-state index is 12.5. The zero-order valence-corrected chi connectivity index (χ0v) is 13.3. The lowest BCUT2D eigenvalue weighted by atomic mass is 9.88. The molecule has 118 valence electrons.